The highest BCUT2D eigenvalue weighted by Crippen LogP contribution is 2.43. The van der Waals surface area contributed by atoms with Crippen molar-refractivity contribution < 1.29 is 9.59 Å². The molecule has 5 rings (SSSR count). The van der Waals surface area contributed by atoms with Crippen LogP contribution < -0.4 is 5.32 Å². The summed E-state index contributed by atoms with van der Waals surface area (Å²) in [6, 6.07) is 12.3. The van der Waals surface area contributed by atoms with E-state index in [4.69, 9.17) is 0 Å². The maximum absolute atomic E-state index is 12.5. The molecular weight excluding hydrogens is 436 g/mol. The van der Waals surface area contributed by atoms with Crippen LogP contribution in [0.2, 0.25) is 0 Å². The maximum atomic E-state index is 12.5. The summed E-state index contributed by atoms with van der Waals surface area (Å²) in [5.41, 5.74) is 1.41. The molecule has 192 valence electrons. The zero-order chi connectivity index (χ0) is 24.0. The molecule has 4 heterocycles. The minimum Gasteiger partial charge on any atom is -0.356 e. The first-order chi connectivity index (χ1) is 17.2. The number of benzene rings is 1. The van der Waals surface area contributed by atoms with Crippen LogP contribution in [-0.2, 0) is 16.1 Å². The first-order valence-corrected chi connectivity index (χ1v) is 14.3. The predicted octanol–water partition coefficient (Wildman–Crippen LogP) is 3.66. The van der Waals surface area contributed by atoms with Crippen molar-refractivity contribution in [2.45, 2.75) is 82.8 Å². The number of likely N-dealkylation sites (tertiary alicyclic amines) is 2. The summed E-state index contributed by atoms with van der Waals surface area (Å²) in [5, 5.41) is 3.10. The van der Waals surface area contributed by atoms with E-state index < -0.39 is 0 Å². The Labute approximate surface area is 211 Å². The van der Waals surface area contributed by atoms with E-state index in [0.29, 0.717) is 25.4 Å². The molecular formula is C29H44N4O2. The smallest absolute Gasteiger partial charge is 0.222 e. The van der Waals surface area contributed by atoms with Crippen molar-refractivity contribution >= 4 is 11.8 Å². The molecule has 0 spiro atoms. The van der Waals surface area contributed by atoms with Crippen LogP contribution >= 0.6 is 0 Å². The van der Waals surface area contributed by atoms with E-state index in [2.05, 4.69) is 45.4 Å². The van der Waals surface area contributed by atoms with E-state index in [9.17, 15) is 9.59 Å². The lowest BCUT2D eigenvalue weighted by atomic mass is 9.69. The third kappa shape index (κ3) is 6.08. The average molecular weight is 481 g/mol. The maximum Gasteiger partial charge on any atom is 0.222 e. The van der Waals surface area contributed by atoms with E-state index in [-0.39, 0.29) is 11.8 Å². The second-order valence-electron chi connectivity index (χ2n) is 11.3. The molecule has 4 aliphatic heterocycles. The second kappa shape index (κ2) is 11.9. The number of piperidine rings is 3. The molecule has 0 aliphatic carbocycles. The number of hydrogen-bond acceptors (Lipinski definition) is 4. The topological polar surface area (TPSA) is 55.9 Å². The van der Waals surface area contributed by atoms with Crippen LogP contribution in [0.5, 0.6) is 0 Å². The van der Waals surface area contributed by atoms with E-state index in [0.717, 1.165) is 63.2 Å². The molecule has 4 fully saturated rings. The highest BCUT2D eigenvalue weighted by Gasteiger charge is 2.48. The molecule has 1 aromatic rings. The van der Waals surface area contributed by atoms with E-state index in [1.54, 1.807) is 0 Å². The summed E-state index contributed by atoms with van der Waals surface area (Å²) >= 11 is 0. The van der Waals surface area contributed by atoms with Crippen molar-refractivity contribution in [1.82, 2.24) is 20.0 Å². The first-order valence-electron chi connectivity index (χ1n) is 14.3. The number of carbonyl (C=O) groups is 2. The van der Waals surface area contributed by atoms with Crippen molar-refractivity contribution in [3.8, 4) is 0 Å². The van der Waals surface area contributed by atoms with Gasteiger partial charge in [-0.3, -0.25) is 19.4 Å². The van der Waals surface area contributed by atoms with Crippen LogP contribution in [0.25, 0.3) is 0 Å². The fourth-order valence-electron chi connectivity index (χ4n) is 7.48. The van der Waals surface area contributed by atoms with Crippen molar-refractivity contribution in [3.05, 3.63) is 35.9 Å². The fraction of sp³-hybridized carbons (Fsp3) is 0.724. The van der Waals surface area contributed by atoms with Crippen LogP contribution in [-0.4, -0.2) is 77.9 Å². The minimum absolute atomic E-state index is 0.170. The number of hydrogen-bond donors (Lipinski definition) is 1. The van der Waals surface area contributed by atoms with Crippen LogP contribution in [0.15, 0.2) is 30.3 Å². The summed E-state index contributed by atoms with van der Waals surface area (Å²) < 4.78 is 0. The summed E-state index contributed by atoms with van der Waals surface area (Å²) in [4.78, 5) is 31.8. The van der Waals surface area contributed by atoms with Gasteiger partial charge in [-0.25, -0.2) is 0 Å². The van der Waals surface area contributed by atoms with Crippen molar-refractivity contribution in [2.24, 2.45) is 11.8 Å². The van der Waals surface area contributed by atoms with E-state index in [1.807, 2.05) is 4.90 Å². The zero-order valence-electron chi connectivity index (χ0n) is 21.4. The Balaban J connectivity index is 1.14. The molecule has 2 amide bonds. The van der Waals surface area contributed by atoms with Crippen LogP contribution in [0.1, 0.15) is 69.8 Å². The number of amides is 2. The Kier molecular flexibility index (Phi) is 8.40. The van der Waals surface area contributed by atoms with Crippen LogP contribution in [0, 0.1) is 11.8 Å². The third-order valence-corrected chi connectivity index (χ3v) is 9.01. The van der Waals surface area contributed by atoms with Gasteiger partial charge in [0.05, 0.1) is 0 Å². The lowest BCUT2D eigenvalue weighted by molar-refractivity contribution is -0.127. The molecule has 6 heteroatoms. The molecule has 1 N–H and O–H groups in total. The van der Waals surface area contributed by atoms with Crippen molar-refractivity contribution in [1.29, 1.82) is 0 Å². The molecule has 0 aromatic heterocycles. The van der Waals surface area contributed by atoms with Gasteiger partial charge in [-0.15, -0.1) is 0 Å². The Bertz CT molecular complexity index is 844. The minimum atomic E-state index is 0.170. The first kappa shape index (κ1) is 24.8. The average Bonchev–Trinajstić information content (AvgIpc) is 3.29. The molecule has 6 nitrogen and oxygen atoms in total. The Morgan fingerprint density at radius 1 is 1.00 bits per heavy atom. The fourth-order valence-corrected chi connectivity index (χ4v) is 7.48. The Morgan fingerprint density at radius 3 is 2.63 bits per heavy atom. The highest BCUT2D eigenvalue weighted by atomic mass is 16.2. The SMILES string of the molecule is O=C(CCC[C@@H]1[C@H]2CCCN3CCC[C@@H](CN1Cc1ccccc1)[C@@H]23)NCCCN1CCCC1=O. The lowest BCUT2D eigenvalue weighted by Crippen LogP contribution is -2.64. The second-order valence-corrected chi connectivity index (χ2v) is 11.3. The molecule has 4 saturated heterocycles. The molecule has 0 saturated carbocycles. The summed E-state index contributed by atoms with van der Waals surface area (Å²) in [7, 11) is 0. The Morgan fingerprint density at radius 2 is 1.83 bits per heavy atom. The van der Waals surface area contributed by atoms with Gasteiger partial charge >= 0.3 is 0 Å². The largest absolute Gasteiger partial charge is 0.356 e. The van der Waals surface area contributed by atoms with E-state index >= 15 is 0 Å². The van der Waals surface area contributed by atoms with Gasteiger partial charge in [-0.05, 0) is 81.9 Å². The number of rotatable bonds is 10. The van der Waals surface area contributed by atoms with Gasteiger partial charge in [0.25, 0.3) is 0 Å². The summed E-state index contributed by atoms with van der Waals surface area (Å²) in [6.45, 7) is 7.15. The van der Waals surface area contributed by atoms with Gasteiger partial charge in [-0.2, -0.15) is 0 Å². The molecule has 0 bridgehead atoms. The zero-order valence-corrected chi connectivity index (χ0v) is 21.4. The molecule has 0 unspecified atom stereocenters. The number of nitrogens with zero attached hydrogens (tertiary/aromatic N) is 3. The van der Waals surface area contributed by atoms with Gasteiger partial charge in [0.1, 0.15) is 0 Å². The van der Waals surface area contributed by atoms with Gasteiger partial charge in [-0.1, -0.05) is 30.3 Å². The van der Waals surface area contributed by atoms with Crippen LogP contribution in [0.3, 0.4) is 0 Å². The molecule has 1 aromatic carbocycles. The van der Waals surface area contributed by atoms with E-state index in [1.165, 1.54) is 50.9 Å². The van der Waals surface area contributed by atoms with Gasteiger partial charge in [0.2, 0.25) is 11.8 Å². The quantitative estimate of drug-likeness (QED) is 0.520. The number of nitrogens with one attached hydrogen (secondary N) is 1. The molecule has 4 aliphatic rings. The molecule has 0 radical (unpaired) electrons. The van der Waals surface area contributed by atoms with Crippen molar-refractivity contribution in [3.63, 3.8) is 0 Å². The number of carbonyl (C=O) groups excluding carboxylic acids is 2. The normalized spacial score (nSPS) is 29.3. The summed E-state index contributed by atoms with van der Waals surface area (Å²) in [6.07, 6.45) is 10.6. The highest BCUT2D eigenvalue weighted by molar-refractivity contribution is 5.78. The lowest BCUT2D eigenvalue weighted by Gasteiger charge is -2.57. The predicted molar refractivity (Wildman–Crippen MR) is 139 cm³/mol. The molecule has 4 atom stereocenters. The monoisotopic (exact) mass is 480 g/mol. The third-order valence-electron chi connectivity index (χ3n) is 9.01. The molecule has 35 heavy (non-hydrogen) atoms. The van der Waals surface area contributed by atoms with Crippen molar-refractivity contribution in [2.75, 3.05) is 39.3 Å². The van der Waals surface area contributed by atoms with Gasteiger partial charge < -0.3 is 10.2 Å². The van der Waals surface area contributed by atoms with Crippen LogP contribution in [0.4, 0.5) is 0 Å². The van der Waals surface area contributed by atoms with Gasteiger partial charge in [0, 0.05) is 57.6 Å². The standard InChI is InChI=1S/C29H44N4O2/c34-27(30-16-8-20-31-17-7-15-28(31)35)14-4-13-26-25-12-6-19-32-18-5-11-24(29(25)32)22-33(26)21-23-9-2-1-3-10-23/h1-3,9-10,24-26,29H,4-8,11-22H2,(H,30,34)/t24-,25+,26+,29-/m0/s1. The van der Waals surface area contributed by atoms with Gasteiger partial charge in [0.15, 0.2) is 0 Å². The Hall–Kier alpha value is -1.92. The summed E-state index contributed by atoms with van der Waals surface area (Å²) in [5.74, 6) is 1.99.